The average molecular weight is 292 g/mol. The molecular weight excluding hydrogens is 264 g/mol. The van der Waals surface area contributed by atoms with E-state index in [1.165, 1.54) is 67.2 Å². The van der Waals surface area contributed by atoms with Crippen molar-refractivity contribution >= 4 is 0 Å². The van der Waals surface area contributed by atoms with Gasteiger partial charge in [0.2, 0.25) is 0 Å². The van der Waals surface area contributed by atoms with Crippen molar-refractivity contribution in [1.82, 2.24) is 0 Å². The summed E-state index contributed by atoms with van der Waals surface area (Å²) in [7, 11) is 0. The molecule has 0 saturated heterocycles. The normalized spacial score (nSPS) is 15.4. The largest absolute Gasteiger partial charge is 0.0654 e. The number of unbranched alkanes of at least 4 members (excludes halogenated alkanes) is 1. The maximum atomic E-state index is 2.52. The minimum atomic E-state index is 0.774. The molecule has 0 aromatic heterocycles. The first-order chi connectivity index (χ1) is 10.8. The second-order valence-electron chi connectivity index (χ2n) is 6.82. The lowest BCUT2D eigenvalue weighted by atomic mass is 9.86. The number of hydrogen-bond acceptors (Lipinski definition) is 0. The van der Waals surface area contributed by atoms with Crippen LogP contribution in [0.5, 0.6) is 0 Å². The summed E-state index contributed by atoms with van der Waals surface area (Å²) in [5.41, 5.74) is 7.43. The molecule has 1 saturated carbocycles. The third kappa shape index (κ3) is 3.27. The summed E-state index contributed by atoms with van der Waals surface area (Å²) in [4.78, 5) is 0. The summed E-state index contributed by atoms with van der Waals surface area (Å²) in [5.74, 6) is 0.774. The number of rotatable bonds is 5. The fourth-order valence-electron chi connectivity index (χ4n) is 3.84. The molecule has 1 fully saturated rings. The topological polar surface area (TPSA) is 0 Å². The average Bonchev–Trinajstić information content (AvgIpc) is 3.08. The Morgan fingerprint density at radius 3 is 2.45 bits per heavy atom. The van der Waals surface area contributed by atoms with E-state index in [1.807, 2.05) is 0 Å². The maximum absolute atomic E-state index is 2.52. The van der Waals surface area contributed by atoms with Gasteiger partial charge in [0, 0.05) is 0 Å². The van der Waals surface area contributed by atoms with Crippen LogP contribution in [0.1, 0.15) is 68.1 Å². The second kappa shape index (κ2) is 7.13. The zero-order valence-corrected chi connectivity index (χ0v) is 14.1. The van der Waals surface area contributed by atoms with Gasteiger partial charge in [0.15, 0.2) is 0 Å². The van der Waals surface area contributed by atoms with Gasteiger partial charge in [-0.3, -0.25) is 0 Å². The summed E-state index contributed by atoms with van der Waals surface area (Å²) < 4.78 is 0. The molecule has 0 heterocycles. The molecule has 116 valence electrons. The quantitative estimate of drug-likeness (QED) is 0.578. The highest BCUT2D eigenvalue weighted by Gasteiger charge is 2.21. The predicted molar refractivity (Wildman–Crippen MR) is 96.4 cm³/mol. The molecule has 0 amide bonds. The molecular formula is C22H28. The first-order valence-corrected chi connectivity index (χ1v) is 8.98. The van der Waals surface area contributed by atoms with Crippen LogP contribution >= 0.6 is 0 Å². The zero-order valence-electron chi connectivity index (χ0n) is 14.1. The van der Waals surface area contributed by atoms with E-state index in [1.54, 1.807) is 5.56 Å². The lowest BCUT2D eigenvalue weighted by molar-refractivity contribution is 0.720. The number of hydrogen-bond donors (Lipinski definition) is 0. The molecule has 0 unspecified atom stereocenters. The van der Waals surface area contributed by atoms with Crippen LogP contribution in [0.3, 0.4) is 0 Å². The smallest absolute Gasteiger partial charge is 0.0146 e. The lowest BCUT2D eigenvalue weighted by Gasteiger charge is -2.19. The minimum Gasteiger partial charge on any atom is -0.0654 e. The molecule has 0 spiro atoms. The number of benzene rings is 2. The molecule has 0 aliphatic heterocycles. The highest BCUT2D eigenvalue weighted by atomic mass is 14.3. The van der Waals surface area contributed by atoms with Gasteiger partial charge >= 0.3 is 0 Å². The molecule has 1 aliphatic carbocycles. The molecule has 3 rings (SSSR count). The molecule has 0 atom stereocenters. The van der Waals surface area contributed by atoms with Crippen LogP contribution in [0.2, 0.25) is 0 Å². The molecule has 2 aromatic rings. The van der Waals surface area contributed by atoms with Crippen molar-refractivity contribution in [3.05, 3.63) is 59.2 Å². The molecule has 0 heteroatoms. The van der Waals surface area contributed by atoms with Gasteiger partial charge in [0.1, 0.15) is 0 Å². The van der Waals surface area contributed by atoms with Crippen molar-refractivity contribution in [3.63, 3.8) is 0 Å². The Bertz CT molecular complexity index is 618. The first-order valence-electron chi connectivity index (χ1n) is 8.98. The molecule has 0 N–H and O–H groups in total. The van der Waals surface area contributed by atoms with E-state index in [2.05, 4.69) is 56.3 Å². The van der Waals surface area contributed by atoms with Gasteiger partial charge in [0.25, 0.3) is 0 Å². The van der Waals surface area contributed by atoms with Crippen LogP contribution in [0.25, 0.3) is 11.1 Å². The molecule has 2 aromatic carbocycles. The van der Waals surface area contributed by atoms with Crippen LogP contribution in [-0.4, -0.2) is 0 Å². The van der Waals surface area contributed by atoms with Crippen LogP contribution in [0, 0.1) is 6.92 Å². The van der Waals surface area contributed by atoms with E-state index in [0.717, 1.165) is 5.92 Å². The molecule has 0 bridgehead atoms. The van der Waals surface area contributed by atoms with E-state index in [0.29, 0.717) is 0 Å². The summed E-state index contributed by atoms with van der Waals surface area (Å²) in [6.07, 6.45) is 9.34. The fourth-order valence-corrected chi connectivity index (χ4v) is 3.84. The van der Waals surface area contributed by atoms with Gasteiger partial charge in [-0.1, -0.05) is 68.7 Å². The molecule has 0 radical (unpaired) electrons. The van der Waals surface area contributed by atoms with Crippen molar-refractivity contribution in [2.75, 3.05) is 0 Å². The second-order valence-corrected chi connectivity index (χ2v) is 6.82. The van der Waals surface area contributed by atoms with Gasteiger partial charge in [-0.15, -0.1) is 0 Å². The van der Waals surface area contributed by atoms with Crippen molar-refractivity contribution in [3.8, 4) is 11.1 Å². The monoisotopic (exact) mass is 292 g/mol. The van der Waals surface area contributed by atoms with Gasteiger partial charge in [0.05, 0.1) is 0 Å². The van der Waals surface area contributed by atoms with E-state index in [-0.39, 0.29) is 0 Å². The van der Waals surface area contributed by atoms with Crippen LogP contribution in [0.4, 0.5) is 0 Å². The minimum absolute atomic E-state index is 0.774. The standard InChI is InChI=1S/C22H28/c1-3-4-10-18-14-15-21(20-13-8-5-9-17(20)2)22(16-18)19-11-6-7-12-19/h5,8-9,13-16,19H,3-4,6-7,10-12H2,1-2H3. The van der Waals surface area contributed by atoms with Gasteiger partial charge in [-0.2, -0.15) is 0 Å². The summed E-state index contributed by atoms with van der Waals surface area (Å²) in [5, 5.41) is 0. The Hall–Kier alpha value is -1.56. The van der Waals surface area contributed by atoms with Crippen molar-refractivity contribution in [2.45, 2.75) is 64.7 Å². The summed E-state index contributed by atoms with van der Waals surface area (Å²) >= 11 is 0. The molecule has 22 heavy (non-hydrogen) atoms. The first kappa shape index (κ1) is 15.3. The Kier molecular flexibility index (Phi) is 4.97. The Morgan fingerprint density at radius 2 is 1.73 bits per heavy atom. The summed E-state index contributed by atoms with van der Waals surface area (Å²) in [6.45, 7) is 4.51. The lowest BCUT2D eigenvalue weighted by Crippen LogP contribution is -1.99. The zero-order chi connectivity index (χ0) is 15.4. The van der Waals surface area contributed by atoms with Crippen molar-refractivity contribution in [2.24, 2.45) is 0 Å². The van der Waals surface area contributed by atoms with E-state index < -0.39 is 0 Å². The van der Waals surface area contributed by atoms with Crippen LogP contribution < -0.4 is 0 Å². The summed E-state index contributed by atoms with van der Waals surface area (Å²) in [6, 6.07) is 16.1. The number of aryl methyl sites for hydroxylation is 2. The van der Waals surface area contributed by atoms with Crippen molar-refractivity contribution < 1.29 is 0 Å². The Balaban J connectivity index is 2.02. The van der Waals surface area contributed by atoms with Crippen LogP contribution in [0.15, 0.2) is 42.5 Å². The van der Waals surface area contributed by atoms with Crippen LogP contribution in [-0.2, 0) is 6.42 Å². The van der Waals surface area contributed by atoms with Gasteiger partial charge in [-0.05, 0) is 66.3 Å². The highest BCUT2D eigenvalue weighted by Crippen LogP contribution is 2.40. The third-order valence-corrected chi connectivity index (χ3v) is 5.17. The third-order valence-electron chi connectivity index (χ3n) is 5.17. The maximum Gasteiger partial charge on any atom is -0.0146 e. The Labute approximate surface area is 135 Å². The van der Waals surface area contributed by atoms with Gasteiger partial charge < -0.3 is 0 Å². The van der Waals surface area contributed by atoms with E-state index in [9.17, 15) is 0 Å². The Morgan fingerprint density at radius 1 is 0.955 bits per heavy atom. The van der Waals surface area contributed by atoms with E-state index in [4.69, 9.17) is 0 Å². The van der Waals surface area contributed by atoms with Gasteiger partial charge in [-0.25, -0.2) is 0 Å². The van der Waals surface area contributed by atoms with Crippen molar-refractivity contribution in [1.29, 1.82) is 0 Å². The molecule has 0 nitrogen and oxygen atoms in total. The SMILES string of the molecule is CCCCc1ccc(-c2ccccc2C)c(C2CCCC2)c1. The predicted octanol–water partition coefficient (Wildman–Crippen LogP) is 6.66. The molecule has 1 aliphatic rings. The highest BCUT2D eigenvalue weighted by molar-refractivity contribution is 5.71. The van der Waals surface area contributed by atoms with E-state index >= 15 is 0 Å². The fraction of sp³-hybridized carbons (Fsp3) is 0.455.